The van der Waals surface area contributed by atoms with Crippen LogP contribution in [-0.4, -0.2) is 67.4 Å². The van der Waals surface area contributed by atoms with Crippen molar-refractivity contribution in [2.24, 2.45) is 0 Å². The van der Waals surface area contributed by atoms with Crippen molar-refractivity contribution < 1.29 is 22.7 Å². The van der Waals surface area contributed by atoms with Crippen LogP contribution in [0.5, 0.6) is 5.88 Å². The molecule has 1 saturated carbocycles. The molecular formula is C22H33N3O5S. The molecule has 1 aromatic heterocycles. The lowest BCUT2D eigenvalue weighted by Gasteiger charge is -2.32. The Bertz CT molecular complexity index is 912. The molecule has 1 aromatic rings. The molecule has 2 atom stereocenters. The number of aryl methyl sites for hydroxylation is 1. The van der Waals surface area contributed by atoms with E-state index in [-0.39, 0.29) is 30.7 Å². The third-order valence-corrected chi connectivity index (χ3v) is 8.76. The Morgan fingerprint density at radius 3 is 2.65 bits per heavy atom. The van der Waals surface area contributed by atoms with Crippen LogP contribution < -0.4 is 9.46 Å². The molecule has 4 aliphatic rings. The number of fused-ring (bicyclic) bond motifs is 5. The zero-order valence-corrected chi connectivity index (χ0v) is 19.4. The van der Waals surface area contributed by atoms with Crippen LogP contribution in [0.25, 0.3) is 0 Å². The summed E-state index contributed by atoms with van der Waals surface area (Å²) in [6.45, 7) is 6.06. The van der Waals surface area contributed by atoms with E-state index in [4.69, 9.17) is 9.47 Å². The largest absolute Gasteiger partial charge is 0.467 e. The summed E-state index contributed by atoms with van der Waals surface area (Å²) in [6, 6.07) is 1.30. The van der Waals surface area contributed by atoms with E-state index in [1.165, 1.54) is 0 Å². The summed E-state index contributed by atoms with van der Waals surface area (Å²) in [4.78, 5) is 19.2. The van der Waals surface area contributed by atoms with Gasteiger partial charge in [-0.3, -0.25) is 4.79 Å². The molecule has 0 radical (unpaired) electrons. The van der Waals surface area contributed by atoms with Crippen LogP contribution in [0.3, 0.4) is 0 Å². The van der Waals surface area contributed by atoms with E-state index in [2.05, 4.69) is 16.6 Å². The molecule has 1 N–H and O–H groups in total. The van der Waals surface area contributed by atoms with Crippen molar-refractivity contribution in [3.8, 4) is 5.88 Å². The summed E-state index contributed by atoms with van der Waals surface area (Å²) in [5.74, 6) is 0.732. The summed E-state index contributed by atoms with van der Waals surface area (Å²) in [6.07, 6.45) is 6.24. The number of nitrogens with zero attached hydrogens (tertiary/aromatic N) is 2. The fourth-order valence-electron chi connectivity index (χ4n) is 4.98. The number of hydrogen-bond donors (Lipinski definition) is 1. The van der Waals surface area contributed by atoms with Crippen molar-refractivity contribution in [1.82, 2.24) is 14.6 Å². The van der Waals surface area contributed by atoms with E-state index in [1.54, 1.807) is 24.9 Å². The molecule has 1 amide bonds. The van der Waals surface area contributed by atoms with Crippen molar-refractivity contribution in [3.05, 3.63) is 23.4 Å². The minimum absolute atomic E-state index is 0.111. The third kappa shape index (κ3) is 4.73. The predicted molar refractivity (Wildman–Crippen MR) is 117 cm³/mol. The second kappa shape index (κ2) is 9.03. The number of ether oxygens (including phenoxy) is 2. The molecular weight excluding hydrogens is 418 g/mol. The standard InChI is InChI=1S/C22H33N3O5S/c1-14(2)31(27,28)24-18-9-11-25-19(18)12-29-17-6-4-16(5-7-17)21-15(3)8-10-23-22(21)30-13-20(25)26/h8,10,14,16-19,24H,4-7,9,11-13H2,1-3H3/t16-,17+,18?,19?. The van der Waals surface area contributed by atoms with Gasteiger partial charge in [0.15, 0.2) is 6.61 Å². The van der Waals surface area contributed by atoms with E-state index in [0.717, 1.165) is 36.8 Å². The first-order chi connectivity index (χ1) is 14.8. The van der Waals surface area contributed by atoms with Crippen molar-refractivity contribution in [2.75, 3.05) is 19.8 Å². The van der Waals surface area contributed by atoms with Crippen molar-refractivity contribution in [3.63, 3.8) is 0 Å². The van der Waals surface area contributed by atoms with Crippen LogP contribution >= 0.6 is 0 Å². The Labute approximate surface area is 184 Å². The number of pyridine rings is 1. The summed E-state index contributed by atoms with van der Waals surface area (Å²) >= 11 is 0. The number of aromatic nitrogens is 1. The SMILES string of the molecule is Cc1ccnc2c1[C@H]1CC[C@H](CC1)OCC1C(NS(=O)(=O)C(C)C)CCN1C(=O)CO2. The second-order valence-corrected chi connectivity index (χ2v) is 11.5. The van der Waals surface area contributed by atoms with Gasteiger partial charge in [-0.15, -0.1) is 0 Å². The highest BCUT2D eigenvalue weighted by Gasteiger charge is 2.41. The lowest BCUT2D eigenvalue weighted by Crippen LogP contribution is -2.51. The van der Waals surface area contributed by atoms with Gasteiger partial charge in [-0.05, 0) is 70.4 Å². The molecule has 4 heterocycles. The normalized spacial score (nSPS) is 29.5. The number of sulfonamides is 1. The van der Waals surface area contributed by atoms with Gasteiger partial charge in [-0.25, -0.2) is 18.1 Å². The van der Waals surface area contributed by atoms with E-state index in [1.807, 2.05) is 6.07 Å². The summed E-state index contributed by atoms with van der Waals surface area (Å²) in [5.41, 5.74) is 2.24. The van der Waals surface area contributed by atoms with E-state index >= 15 is 0 Å². The summed E-state index contributed by atoms with van der Waals surface area (Å²) in [5, 5.41) is -0.530. The highest BCUT2D eigenvalue weighted by Crippen LogP contribution is 2.39. The van der Waals surface area contributed by atoms with Gasteiger partial charge in [0, 0.05) is 24.3 Å². The molecule has 3 aliphatic heterocycles. The maximum Gasteiger partial charge on any atom is 0.260 e. The Kier molecular flexibility index (Phi) is 6.55. The van der Waals surface area contributed by atoms with Gasteiger partial charge in [-0.2, -0.15) is 0 Å². The van der Waals surface area contributed by atoms with Crippen LogP contribution in [-0.2, 0) is 19.6 Å². The van der Waals surface area contributed by atoms with Crippen molar-refractivity contribution in [1.29, 1.82) is 0 Å². The van der Waals surface area contributed by atoms with Gasteiger partial charge in [0.05, 0.1) is 24.0 Å². The molecule has 5 rings (SSSR count). The molecule has 2 bridgehead atoms. The van der Waals surface area contributed by atoms with Crippen LogP contribution in [0.15, 0.2) is 12.3 Å². The topological polar surface area (TPSA) is 97.8 Å². The predicted octanol–water partition coefficient (Wildman–Crippen LogP) is 2.12. The van der Waals surface area contributed by atoms with Crippen LogP contribution in [0.4, 0.5) is 0 Å². The molecule has 31 heavy (non-hydrogen) atoms. The number of rotatable bonds is 3. The Morgan fingerprint density at radius 1 is 1.19 bits per heavy atom. The Balaban J connectivity index is 1.60. The second-order valence-electron chi connectivity index (χ2n) is 9.20. The van der Waals surface area contributed by atoms with E-state index in [9.17, 15) is 13.2 Å². The Morgan fingerprint density at radius 2 is 1.94 bits per heavy atom. The minimum Gasteiger partial charge on any atom is -0.467 e. The average molecular weight is 452 g/mol. The maximum absolute atomic E-state index is 13.1. The average Bonchev–Trinajstić information content (AvgIpc) is 3.12. The molecule has 1 saturated heterocycles. The summed E-state index contributed by atoms with van der Waals surface area (Å²) < 4.78 is 39.9. The first kappa shape index (κ1) is 22.5. The third-order valence-electron chi connectivity index (χ3n) is 6.89. The van der Waals surface area contributed by atoms with Gasteiger partial charge >= 0.3 is 0 Å². The number of amides is 1. The highest BCUT2D eigenvalue weighted by atomic mass is 32.2. The molecule has 0 aromatic carbocycles. The number of hydrogen-bond acceptors (Lipinski definition) is 6. The zero-order chi connectivity index (χ0) is 22.2. The molecule has 172 valence electrons. The fourth-order valence-corrected chi connectivity index (χ4v) is 5.95. The molecule has 1 aliphatic carbocycles. The monoisotopic (exact) mass is 451 g/mol. The number of carbonyl (C=O) groups is 1. The number of nitrogens with one attached hydrogen (secondary N) is 1. The van der Waals surface area contributed by atoms with Crippen LogP contribution in [0, 0.1) is 6.92 Å². The maximum atomic E-state index is 13.1. The zero-order valence-electron chi connectivity index (χ0n) is 18.5. The van der Waals surface area contributed by atoms with Gasteiger partial charge in [0.1, 0.15) is 0 Å². The smallest absolute Gasteiger partial charge is 0.260 e. The van der Waals surface area contributed by atoms with Gasteiger partial charge in [-0.1, -0.05) is 0 Å². The van der Waals surface area contributed by atoms with Gasteiger partial charge < -0.3 is 14.4 Å². The van der Waals surface area contributed by atoms with Crippen molar-refractivity contribution >= 4 is 15.9 Å². The molecule has 8 nitrogen and oxygen atoms in total. The fraction of sp³-hybridized carbons (Fsp3) is 0.727. The minimum atomic E-state index is -3.45. The van der Waals surface area contributed by atoms with Crippen LogP contribution in [0.2, 0.25) is 0 Å². The first-order valence-corrected chi connectivity index (χ1v) is 12.8. The molecule has 9 heteroatoms. The first-order valence-electron chi connectivity index (χ1n) is 11.3. The van der Waals surface area contributed by atoms with Gasteiger partial charge in [0.2, 0.25) is 15.9 Å². The molecule has 2 fully saturated rings. The van der Waals surface area contributed by atoms with Crippen LogP contribution in [0.1, 0.15) is 63.0 Å². The van der Waals surface area contributed by atoms with E-state index in [0.29, 0.717) is 31.4 Å². The van der Waals surface area contributed by atoms with Gasteiger partial charge in [0.25, 0.3) is 5.91 Å². The lowest BCUT2D eigenvalue weighted by molar-refractivity contribution is -0.136. The Hall–Kier alpha value is -1.71. The molecule has 0 spiro atoms. The quantitative estimate of drug-likeness (QED) is 0.756. The van der Waals surface area contributed by atoms with E-state index < -0.39 is 15.3 Å². The summed E-state index contributed by atoms with van der Waals surface area (Å²) in [7, 11) is -3.45. The molecule has 2 unspecified atom stereocenters. The number of carbonyl (C=O) groups excluding carboxylic acids is 1. The highest BCUT2D eigenvalue weighted by molar-refractivity contribution is 7.90. The van der Waals surface area contributed by atoms with Crippen molar-refractivity contribution in [2.45, 2.75) is 82.2 Å². The lowest BCUT2D eigenvalue weighted by atomic mass is 9.81.